The number of allylic oxidation sites excluding steroid dienone is 2. The zero-order valence-electron chi connectivity index (χ0n) is 27.1. The molecule has 0 aromatic heterocycles. The van der Waals surface area contributed by atoms with Crippen LogP contribution in [-0.4, -0.2) is 28.8 Å². The van der Waals surface area contributed by atoms with Gasteiger partial charge >= 0.3 is 6.09 Å². The van der Waals surface area contributed by atoms with Crippen molar-refractivity contribution in [3.8, 4) is 0 Å². The summed E-state index contributed by atoms with van der Waals surface area (Å²) in [6.07, 6.45) is 10.8. The van der Waals surface area contributed by atoms with Crippen LogP contribution in [0.5, 0.6) is 0 Å². The van der Waals surface area contributed by atoms with Crippen molar-refractivity contribution in [2.24, 2.45) is 56.7 Å². The monoisotopic (exact) mass is 555 g/mol. The number of hydrogen-bond donors (Lipinski definition) is 2. The van der Waals surface area contributed by atoms with Crippen molar-refractivity contribution >= 4 is 12.0 Å². The number of rotatable bonds is 1. The lowest BCUT2D eigenvalue weighted by Gasteiger charge is -2.71. The molecule has 4 saturated carbocycles. The Morgan fingerprint density at radius 1 is 0.925 bits per heavy atom. The summed E-state index contributed by atoms with van der Waals surface area (Å²) in [7, 11) is 0. The largest absolute Gasteiger partial charge is 0.444 e. The first kappa shape index (κ1) is 30.1. The van der Waals surface area contributed by atoms with Crippen molar-refractivity contribution < 1.29 is 19.4 Å². The van der Waals surface area contributed by atoms with Gasteiger partial charge in [-0.15, -0.1) is 0 Å². The van der Waals surface area contributed by atoms with Crippen LogP contribution < -0.4 is 5.32 Å². The molecule has 0 aromatic carbocycles. The van der Waals surface area contributed by atoms with Crippen LogP contribution in [0.4, 0.5) is 4.79 Å². The minimum absolute atomic E-state index is 0.0236. The maximum absolute atomic E-state index is 14.1. The van der Waals surface area contributed by atoms with E-state index in [1.807, 2.05) is 20.8 Å². The summed E-state index contributed by atoms with van der Waals surface area (Å²) < 4.78 is 5.52. The van der Waals surface area contributed by atoms with Crippen molar-refractivity contribution in [3.05, 3.63) is 11.6 Å². The molecule has 0 heterocycles. The average molecular weight is 556 g/mol. The summed E-state index contributed by atoms with van der Waals surface area (Å²) in [5.41, 5.74) is 0.617. The molecule has 5 aliphatic rings. The first-order valence-corrected chi connectivity index (χ1v) is 16.3. The molecule has 10 atom stereocenters. The molecule has 0 spiro atoms. The van der Waals surface area contributed by atoms with Gasteiger partial charge in [0, 0.05) is 0 Å². The Labute approximate surface area is 243 Å². The molecule has 0 aromatic rings. The third kappa shape index (κ3) is 4.09. The highest BCUT2D eigenvalue weighted by molar-refractivity contribution is 5.96. The number of nitrogens with one attached hydrogen (secondary N) is 1. The number of alkyl carbamates (subject to hydrolysis) is 1. The van der Waals surface area contributed by atoms with Crippen LogP contribution in [-0.2, 0) is 9.53 Å². The second-order valence-electron chi connectivity index (χ2n) is 17.1. The smallest absolute Gasteiger partial charge is 0.414 e. The van der Waals surface area contributed by atoms with Gasteiger partial charge in [0.2, 0.25) is 5.91 Å². The van der Waals surface area contributed by atoms with Crippen LogP contribution in [0.25, 0.3) is 0 Å². The number of aliphatic hydroxyl groups excluding tert-OH is 1. The molecule has 0 aliphatic heterocycles. The molecule has 5 rings (SSSR count). The lowest BCUT2D eigenvalue weighted by Crippen LogP contribution is -2.66. The molecule has 0 unspecified atom stereocenters. The standard InChI is InChI=1S/C35H57NO4/c1-21-13-18-35(28(38)36-29(39)40-30(3,4)5)20-19-33(9)23(27(35)22(21)2)11-12-25-32(8)16-15-26(37)31(6,7)24(32)14-17-34(25,33)10/h11,21-22,24-27,37H,12-20H2,1-10H3,(H,36,38,39)/t21-,22+,24+,25-,26+,27+,32+,33-,34-,35+/m1/s1. The van der Waals surface area contributed by atoms with Crippen LogP contribution in [0.3, 0.4) is 0 Å². The zero-order chi connectivity index (χ0) is 29.7. The van der Waals surface area contributed by atoms with Crippen molar-refractivity contribution in [2.45, 2.75) is 139 Å². The summed E-state index contributed by atoms with van der Waals surface area (Å²) in [6, 6.07) is 0. The molecule has 0 radical (unpaired) electrons. The van der Waals surface area contributed by atoms with Crippen LogP contribution in [0.1, 0.15) is 127 Å². The van der Waals surface area contributed by atoms with Crippen molar-refractivity contribution in [1.82, 2.24) is 5.32 Å². The van der Waals surface area contributed by atoms with Gasteiger partial charge < -0.3 is 9.84 Å². The second kappa shape index (κ2) is 9.32. The van der Waals surface area contributed by atoms with Gasteiger partial charge in [0.1, 0.15) is 5.60 Å². The molecule has 5 aliphatic carbocycles. The van der Waals surface area contributed by atoms with E-state index >= 15 is 0 Å². The third-order valence-electron chi connectivity index (χ3n) is 14.0. The first-order valence-electron chi connectivity index (χ1n) is 16.3. The molecule has 0 bridgehead atoms. The fourth-order valence-corrected chi connectivity index (χ4v) is 11.4. The number of hydrogen-bond acceptors (Lipinski definition) is 4. The van der Waals surface area contributed by atoms with Gasteiger partial charge in [-0.25, -0.2) is 4.79 Å². The Hall–Kier alpha value is -1.36. The summed E-state index contributed by atoms with van der Waals surface area (Å²) in [4.78, 5) is 26.9. The Balaban J connectivity index is 1.54. The van der Waals surface area contributed by atoms with E-state index in [1.165, 1.54) is 12.0 Å². The molecule has 2 amide bonds. The number of carbonyl (C=O) groups is 2. The maximum atomic E-state index is 14.1. The molecule has 5 nitrogen and oxygen atoms in total. The van der Waals surface area contributed by atoms with E-state index in [-0.39, 0.29) is 39.6 Å². The van der Waals surface area contributed by atoms with Gasteiger partial charge in [-0.05, 0) is 130 Å². The maximum Gasteiger partial charge on any atom is 0.414 e. The molecule has 0 saturated heterocycles. The van der Waals surface area contributed by atoms with E-state index in [9.17, 15) is 14.7 Å². The van der Waals surface area contributed by atoms with E-state index < -0.39 is 17.1 Å². The number of fused-ring (bicyclic) bond motifs is 7. The summed E-state index contributed by atoms with van der Waals surface area (Å²) in [5, 5.41) is 13.7. The average Bonchev–Trinajstić information content (AvgIpc) is 2.83. The number of ether oxygens (including phenoxy) is 1. The predicted octanol–water partition coefficient (Wildman–Crippen LogP) is 8.06. The topological polar surface area (TPSA) is 75.6 Å². The normalized spacial score (nSPS) is 47.9. The number of carbonyl (C=O) groups excluding carboxylic acids is 2. The summed E-state index contributed by atoms with van der Waals surface area (Å²) >= 11 is 0. The lowest BCUT2D eigenvalue weighted by molar-refractivity contribution is -0.204. The van der Waals surface area contributed by atoms with Crippen LogP contribution in [0.2, 0.25) is 0 Å². The summed E-state index contributed by atoms with van der Waals surface area (Å²) in [6.45, 7) is 22.5. The Morgan fingerprint density at radius 2 is 1.60 bits per heavy atom. The van der Waals surface area contributed by atoms with E-state index in [0.717, 1.165) is 51.4 Å². The second-order valence-corrected chi connectivity index (χ2v) is 17.1. The van der Waals surface area contributed by atoms with Crippen LogP contribution in [0, 0.1) is 56.7 Å². The van der Waals surface area contributed by atoms with Crippen molar-refractivity contribution in [1.29, 1.82) is 0 Å². The Bertz CT molecular complexity index is 1090. The fraction of sp³-hybridized carbons (Fsp3) is 0.886. The number of aliphatic hydroxyl groups is 1. The van der Waals surface area contributed by atoms with E-state index in [2.05, 4.69) is 59.9 Å². The minimum Gasteiger partial charge on any atom is -0.444 e. The van der Waals surface area contributed by atoms with E-state index in [4.69, 9.17) is 4.74 Å². The molecule has 40 heavy (non-hydrogen) atoms. The highest BCUT2D eigenvalue weighted by atomic mass is 16.6. The third-order valence-corrected chi connectivity index (χ3v) is 14.0. The van der Waals surface area contributed by atoms with Gasteiger partial charge in [-0.3, -0.25) is 10.1 Å². The van der Waals surface area contributed by atoms with Crippen LogP contribution in [0.15, 0.2) is 11.6 Å². The van der Waals surface area contributed by atoms with Gasteiger partial charge in [-0.2, -0.15) is 0 Å². The molecule has 226 valence electrons. The van der Waals surface area contributed by atoms with Crippen LogP contribution >= 0.6 is 0 Å². The van der Waals surface area contributed by atoms with Gasteiger partial charge in [0.05, 0.1) is 11.5 Å². The minimum atomic E-state index is -0.644. The number of imide groups is 1. The van der Waals surface area contributed by atoms with Gasteiger partial charge in [0.15, 0.2) is 0 Å². The lowest BCUT2D eigenvalue weighted by atomic mass is 9.33. The molecular formula is C35H57NO4. The SMILES string of the molecule is C[C@H]1[C@H](C)CC[C@]2(C(=O)NC(=O)OC(C)(C)C)CC[C@]3(C)C(=CC[C@@H]4[C@@]5(C)CC[C@H](O)C(C)(C)[C@@H]5CC[C@]43C)[C@H]12. The fourth-order valence-electron chi connectivity index (χ4n) is 11.4. The highest BCUT2D eigenvalue weighted by Gasteiger charge is 2.69. The highest BCUT2D eigenvalue weighted by Crippen LogP contribution is 2.75. The zero-order valence-corrected chi connectivity index (χ0v) is 27.1. The van der Waals surface area contributed by atoms with Gasteiger partial charge in [0.25, 0.3) is 0 Å². The molecule has 5 heteroatoms. The first-order chi connectivity index (χ1) is 18.3. The summed E-state index contributed by atoms with van der Waals surface area (Å²) in [5.74, 6) is 2.02. The Kier molecular flexibility index (Phi) is 7.01. The van der Waals surface area contributed by atoms with Crippen molar-refractivity contribution in [2.75, 3.05) is 0 Å². The molecule has 4 fully saturated rings. The number of amides is 2. The van der Waals surface area contributed by atoms with E-state index in [0.29, 0.717) is 23.7 Å². The Morgan fingerprint density at radius 3 is 2.25 bits per heavy atom. The molecular weight excluding hydrogens is 498 g/mol. The molecule has 2 N–H and O–H groups in total. The van der Waals surface area contributed by atoms with E-state index in [1.54, 1.807) is 0 Å². The quantitative estimate of drug-likeness (QED) is 0.321. The predicted molar refractivity (Wildman–Crippen MR) is 159 cm³/mol. The van der Waals surface area contributed by atoms with Gasteiger partial charge in [-0.1, -0.05) is 60.1 Å². The van der Waals surface area contributed by atoms with Crippen molar-refractivity contribution in [3.63, 3.8) is 0 Å².